The summed E-state index contributed by atoms with van der Waals surface area (Å²) in [6, 6.07) is 11.4. The highest BCUT2D eigenvalue weighted by atomic mass is 35.5. The zero-order valence-corrected chi connectivity index (χ0v) is 13.3. The smallest absolute Gasteiger partial charge is 0.159 e. The van der Waals surface area contributed by atoms with E-state index in [-0.39, 0.29) is 5.78 Å². The molecular weight excluding hydrogens is 298 g/mol. The Balaban J connectivity index is 1.74. The number of piperazine rings is 1. The number of nitrogens with zero attached hydrogens (tertiary/aromatic N) is 3. The first-order valence-electron chi connectivity index (χ1n) is 7.36. The van der Waals surface area contributed by atoms with Gasteiger partial charge in [0.2, 0.25) is 0 Å². The lowest BCUT2D eigenvalue weighted by Gasteiger charge is -2.37. The fourth-order valence-corrected chi connectivity index (χ4v) is 2.93. The highest BCUT2D eigenvalue weighted by Gasteiger charge is 2.20. The number of hydrogen-bond acceptors (Lipinski definition) is 4. The molecule has 1 aliphatic rings. The van der Waals surface area contributed by atoms with Crippen LogP contribution in [0.1, 0.15) is 17.3 Å². The predicted octanol–water partition coefficient (Wildman–Crippen LogP) is 3.26. The van der Waals surface area contributed by atoms with Gasteiger partial charge in [-0.25, -0.2) is 4.98 Å². The van der Waals surface area contributed by atoms with Gasteiger partial charge in [-0.1, -0.05) is 17.7 Å². The van der Waals surface area contributed by atoms with Crippen LogP contribution in [0.15, 0.2) is 42.6 Å². The summed E-state index contributed by atoms with van der Waals surface area (Å²) in [5.41, 5.74) is 1.64. The Morgan fingerprint density at radius 3 is 2.45 bits per heavy atom. The zero-order chi connectivity index (χ0) is 15.5. The summed E-state index contributed by atoms with van der Waals surface area (Å²) in [6.07, 6.45) is 1.81. The molecule has 0 aliphatic carbocycles. The topological polar surface area (TPSA) is 36.4 Å². The molecule has 114 valence electrons. The molecule has 0 radical (unpaired) electrons. The van der Waals surface area contributed by atoms with Gasteiger partial charge in [-0.2, -0.15) is 0 Å². The third-order valence-electron chi connectivity index (χ3n) is 3.95. The Morgan fingerprint density at radius 2 is 1.82 bits per heavy atom. The fourth-order valence-electron chi connectivity index (χ4n) is 2.69. The highest BCUT2D eigenvalue weighted by Crippen LogP contribution is 2.28. The quantitative estimate of drug-likeness (QED) is 0.815. The molecule has 0 atom stereocenters. The summed E-state index contributed by atoms with van der Waals surface area (Å²) in [7, 11) is 0. The largest absolute Gasteiger partial charge is 0.367 e. The minimum absolute atomic E-state index is 0.0602. The Labute approximate surface area is 135 Å². The van der Waals surface area contributed by atoms with Crippen LogP contribution in [-0.2, 0) is 0 Å². The van der Waals surface area contributed by atoms with E-state index in [0.29, 0.717) is 10.6 Å². The number of hydrogen-bond donors (Lipinski definition) is 0. The highest BCUT2D eigenvalue weighted by molar-refractivity contribution is 6.33. The molecule has 1 aliphatic heterocycles. The summed E-state index contributed by atoms with van der Waals surface area (Å²) >= 11 is 6.31. The Bertz CT molecular complexity index is 667. The van der Waals surface area contributed by atoms with Crippen molar-refractivity contribution in [3.05, 3.63) is 53.2 Å². The standard InChI is InChI=1S/C17H18ClN3O/c1-13(22)14-5-6-15(18)16(12-14)20-8-10-21(11-9-20)17-4-2-3-7-19-17/h2-7,12H,8-11H2,1H3. The number of rotatable bonds is 3. The first kappa shape index (κ1) is 14.9. The van der Waals surface area contributed by atoms with Crippen molar-refractivity contribution < 1.29 is 4.79 Å². The average Bonchev–Trinajstić information content (AvgIpc) is 2.56. The van der Waals surface area contributed by atoms with E-state index in [1.54, 1.807) is 19.1 Å². The monoisotopic (exact) mass is 315 g/mol. The van der Waals surface area contributed by atoms with Crippen molar-refractivity contribution in [1.29, 1.82) is 0 Å². The van der Waals surface area contributed by atoms with Gasteiger partial charge in [0.1, 0.15) is 5.82 Å². The fraction of sp³-hybridized carbons (Fsp3) is 0.294. The van der Waals surface area contributed by atoms with Gasteiger partial charge in [-0.05, 0) is 37.3 Å². The maximum Gasteiger partial charge on any atom is 0.159 e. The maximum atomic E-state index is 11.6. The van der Waals surface area contributed by atoms with Crippen molar-refractivity contribution in [1.82, 2.24) is 4.98 Å². The molecule has 0 unspecified atom stereocenters. The van der Waals surface area contributed by atoms with Crippen molar-refractivity contribution in [2.24, 2.45) is 0 Å². The van der Waals surface area contributed by atoms with Crippen LogP contribution in [0.5, 0.6) is 0 Å². The van der Waals surface area contributed by atoms with Crippen LogP contribution in [0.3, 0.4) is 0 Å². The van der Waals surface area contributed by atoms with E-state index in [0.717, 1.165) is 37.7 Å². The lowest BCUT2D eigenvalue weighted by molar-refractivity contribution is 0.101. The van der Waals surface area contributed by atoms with Crippen LogP contribution >= 0.6 is 11.6 Å². The lowest BCUT2D eigenvalue weighted by atomic mass is 10.1. The normalized spacial score (nSPS) is 15.0. The second-order valence-electron chi connectivity index (χ2n) is 5.38. The molecular formula is C17H18ClN3O. The summed E-state index contributed by atoms with van der Waals surface area (Å²) in [4.78, 5) is 20.4. The van der Waals surface area contributed by atoms with Gasteiger partial charge in [0.05, 0.1) is 10.7 Å². The van der Waals surface area contributed by atoms with Crippen LogP contribution < -0.4 is 9.80 Å². The van der Waals surface area contributed by atoms with E-state index in [2.05, 4.69) is 14.8 Å². The minimum Gasteiger partial charge on any atom is -0.367 e. The zero-order valence-electron chi connectivity index (χ0n) is 12.5. The molecule has 0 bridgehead atoms. The van der Waals surface area contributed by atoms with Crippen LogP contribution in [0.2, 0.25) is 5.02 Å². The Hall–Kier alpha value is -2.07. The molecule has 4 nitrogen and oxygen atoms in total. The number of benzene rings is 1. The molecule has 1 aromatic carbocycles. The molecule has 5 heteroatoms. The number of halogens is 1. The molecule has 0 N–H and O–H groups in total. The van der Waals surface area contributed by atoms with E-state index in [4.69, 9.17) is 11.6 Å². The second kappa shape index (κ2) is 6.36. The van der Waals surface area contributed by atoms with Crippen molar-refractivity contribution >= 4 is 28.9 Å². The number of carbonyl (C=O) groups is 1. The van der Waals surface area contributed by atoms with Gasteiger partial charge < -0.3 is 9.80 Å². The van der Waals surface area contributed by atoms with E-state index >= 15 is 0 Å². The lowest BCUT2D eigenvalue weighted by Crippen LogP contribution is -2.47. The van der Waals surface area contributed by atoms with Gasteiger partial charge >= 0.3 is 0 Å². The first-order valence-corrected chi connectivity index (χ1v) is 7.74. The molecule has 1 fully saturated rings. The molecule has 2 heterocycles. The molecule has 3 rings (SSSR count). The number of aromatic nitrogens is 1. The number of ketones is 1. The maximum absolute atomic E-state index is 11.6. The molecule has 1 aromatic heterocycles. The van der Waals surface area contributed by atoms with Gasteiger partial charge in [-0.15, -0.1) is 0 Å². The first-order chi connectivity index (χ1) is 10.6. The molecule has 0 spiro atoms. The van der Waals surface area contributed by atoms with Crippen LogP contribution in [-0.4, -0.2) is 36.9 Å². The van der Waals surface area contributed by atoms with Gasteiger partial charge in [0.25, 0.3) is 0 Å². The minimum atomic E-state index is 0.0602. The average molecular weight is 316 g/mol. The third-order valence-corrected chi connectivity index (χ3v) is 4.27. The third kappa shape index (κ3) is 3.07. The van der Waals surface area contributed by atoms with Crippen LogP contribution in [0.25, 0.3) is 0 Å². The van der Waals surface area contributed by atoms with Gasteiger partial charge in [0.15, 0.2) is 5.78 Å². The number of carbonyl (C=O) groups excluding carboxylic acids is 1. The number of anilines is 2. The molecule has 2 aromatic rings. The summed E-state index contributed by atoms with van der Waals surface area (Å²) in [5.74, 6) is 1.07. The number of Topliss-reactive ketones (excluding diaryl/α,β-unsaturated/α-hetero) is 1. The van der Waals surface area contributed by atoms with Gasteiger partial charge in [-0.3, -0.25) is 4.79 Å². The predicted molar refractivity (Wildman–Crippen MR) is 90.1 cm³/mol. The van der Waals surface area contributed by atoms with Crippen molar-refractivity contribution in [2.75, 3.05) is 36.0 Å². The molecule has 1 saturated heterocycles. The van der Waals surface area contributed by atoms with E-state index in [9.17, 15) is 4.79 Å². The molecule has 0 amide bonds. The molecule has 0 saturated carbocycles. The Kier molecular flexibility index (Phi) is 4.29. The van der Waals surface area contributed by atoms with E-state index in [1.165, 1.54) is 0 Å². The Morgan fingerprint density at radius 1 is 1.09 bits per heavy atom. The second-order valence-corrected chi connectivity index (χ2v) is 5.79. The summed E-state index contributed by atoms with van der Waals surface area (Å²) in [6.45, 7) is 5.07. The summed E-state index contributed by atoms with van der Waals surface area (Å²) < 4.78 is 0. The van der Waals surface area contributed by atoms with E-state index in [1.807, 2.05) is 30.5 Å². The SMILES string of the molecule is CC(=O)c1ccc(Cl)c(N2CCN(c3ccccn3)CC2)c1. The van der Waals surface area contributed by atoms with E-state index < -0.39 is 0 Å². The van der Waals surface area contributed by atoms with Crippen molar-refractivity contribution in [2.45, 2.75) is 6.92 Å². The van der Waals surface area contributed by atoms with Crippen LogP contribution in [0, 0.1) is 0 Å². The summed E-state index contributed by atoms with van der Waals surface area (Å²) in [5, 5.41) is 0.691. The van der Waals surface area contributed by atoms with Crippen LogP contribution in [0.4, 0.5) is 11.5 Å². The van der Waals surface area contributed by atoms with Gasteiger partial charge in [0, 0.05) is 37.9 Å². The molecule has 22 heavy (non-hydrogen) atoms. The van der Waals surface area contributed by atoms with Crippen molar-refractivity contribution in [3.63, 3.8) is 0 Å². The number of pyridine rings is 1. The van der Waals surface area contributed by atoms with Crippen molar-refractivity contribution in [3.8, 4) is 0 Å².